The largest absolute Gasteiger partial charge is 0.300 e. The molecule has 20 heavy (non-hydrogen) atoms. The number of nitriles is 1. The van der Waals surface area contributed by atoms with E-state index in [0.29, 0.717) is 11.6 Å². The van der Waals surface area contributed by atoms with E-state index in [1.807, 2.05) is 6.07 Å². The van der Waals surface area contributed by atoms with Crippen LogP contribution in [-0.4, -0.2) is 24.0 Å². The van der Waals surface area contributed by atoms with Crippen LogP contribution < -0.4 is 0 Å². The van der Waals surface area contributed by atoms with Crippen LogP contribution in [0.4, 0.5) is 4.39 Å². The van der Waals surface area contributed by atoms with Gasteiger partial charge in [0.15, 0.2) is 0 Å². The van der Waals surface area contributed by atoms with Gasteiger partial charge in [-0.15, -0.1) is 0 Å². The zero-order valence-electron chi connectivity index (χ0n) is 12.5. The molecule has 0 saturated heterocycles. The van der Waals surface area contributed by atoms with Crippen molar-refractivity contribution >= 4 is 0 Å². The summed E-state index contributed by atoms with van der Waals surface area (Å²) in [5.74, 6) is -0.199. The first-order valence-corrected chi connectivity index (χ1v) is 7.65. The van der Waals surface area contributed by atoms with Gasteiger partial charge in [0.05, 0.1) is 11.6 Å². The summed E-state index contributed by atoms with van der Waals surface area (Å²) >= 11 is 0. The normalized spacial score (nSPS) is 17.9. The van der Waals surface area contributed by atoms with Gasteiger partial charge in [0, 0.05) is 6.04 Å². The molecule has 1 aromatic carbocycles. The van der Waals surface area contributed by atoms with E-state index in [4.69, 9.17) is 5.26 Å². The Morgan fingerprint density at radius 3 is 2.60 bits per heavy atom. The van der Waals surface area contributed by atoms with Gasteiger partial charge in [0.25, 0.3) is 0 Å². The Morgan fingerprint density at radius 2 is 2.00 bits per heavy atom. The minimum absolute atomic E-state index is 0.199. The van der Waals surface area contributed by atoms with Gasteiger partial charge in [0.1, 0.15) is 5.82 Å². The average molecular weight is 274 g/mol. The molecule has 0 N–H and O–H groups in total. The van der Waals surface area contributed by atoms with Crippen LogP contribution in [0.3, 0.4) is 0 Å². The van der Waals surface area contributed by atoms with E-state index >= 15 is 0 Å². The standard InChI is InChI=1S/C17H23FN2/c1-3-7-20(8-4-2)15-5-6-16-14(11-15)9-13(12-19)10-17(16)18/h9-10,15H,3-8,11H2,1-2H3. The highest BCUT2D eigenvalue weighted by Crippen LogP contribution is 2.28. The van der Waals surface area contributed by atoms with Gasteiger partial charge in [-0.25, -0.2) is 4.39 Å². The van der Waals surface area contributed by atoms with Crippen LogP contribution in [0.25, 0.3) is 0 Å². The van der Waals surface area contributed by atoms with Crippen molar-refractivity contribution in [3.8, 4) is 6.07 Å². The molecule has 0 fully saturated rings. The van der Waals surface area contributed by atoms with Crippen LogP contribution in [0.2, 0.25) is 0 Å². The van der Waals surface area contributed by atoms with E-state index in [0.717, 1.165) is 56.3 Å². The van der Waals surface area contributed by atoms with E-state index in [-0.39, 0.29) is 5.82 Å². The summed E-state index contributed by atoms with van der Waals surface area (Å²) in [5.41, 5.74) is 2.31. The Morgan fingerprint density at radius 1 is 1.30 bits per heavy atom. The molecule has 108 valence electrons. The molecule has 3 heteroatoms. The molecule has 0 bridgehead atoms. The molecule has 0 heterocycles. The van der Waals surface area contributed by atoms with Crippen LogP contribution >= 0.6 is 0 Å². The van der Waals surface area contributed by atoms with Gasteiger partial charge in [0.2, 0.25) is 0 Å². The molecular weight excluding hydrogens is 251 g/mol. The molecule has 2 rings (SSSR count). The summed E-state index contributed by atoms with van der Waals surface area (Å²) in [6.45, 7) is 6.61. The lowest BCUT2D eigenvalue weighted by Crippen LogP contribution is -2.40. The van der Waals surface area contributed by atoms with Gasteiger partial charge in [-0.2, -0.15) is 5.26 Å². The third-order valence-corrected chi connectivity index (χ3v) is 4.14. The van der Waals surface area contributed by atoms with Gasteiger partial charge in [-0.3, -0.25) is 0 Å². The summed E-state index contributed by atoms with van der Waals surface area (Å²) in [5, 5.41) is 8.98. The summed E-state index contributed by atoms with van der Waals surface area (Å²) in [6.07, 6.45) is 4.99. The van der Waals surface area contributed by atoms with Crippen molar-refractivity contribution in [2.24, 2.45) is 0 Å². The maximum absolute atomic E-state index is 14.0. The number of rotatable bonds is 5. The number of halogens is 1. The first kappa shape index (κ1) is 15.0. The van der Waals surface area contributed by atoms with Crippen LogP contribution in [0.1, 0.15) is 49.8 Å². The van der Waals surface area contributed by atoms with E-state index in [1.54, 1.807) is 0 Å². The molecule has 0 spiro atoms. The molecule has 1 aromatic rings. The van der Waals surface area contributed by atoms with E-state index in [1.165, 1.54) is 6.07 Å². The Bertz CT molecular complexity index is 498. The van der Waals surface area contributed by atoms with Crippen molar-refractivity contribution < 1.29 is 4.39 Å². The molecule has 0 radical (unpaired) electrons. The number of fused-ring (bicyclic) bond motifs is 1. The second kappa shape index (κ2) is 6.85. The summed E-state index contributed by atoms with van der Waals surface area (Å²) in [7, 11) is 0. The maximum atomic E-state index is 14.0. The van der Waals surface area contributed by atoms with Gasteiger partial charge >= 0.3 is 0 Å². The molecule has 1 unspecified atom stereocenters. The Hall–Kier alpha value is -1.40. The van der Waals surface area contributed by atoms with Crippen molar-refractivity contribution in [2.75, 3.05) is 13.1 Å². The van der Waals surface area contributed by atoms with Crippen molar-refractivity contribution in [2.45, 2.75) is 52.0 Å². The molecule has 0 saturated carbocycles. The molecule has 0 aromatic heterocycles. The van der Waals surface area contributed by atoms with Crippen molar-refractivity contribution in [3.05, 3.63) is 34.6 Å². The van der Waals surface area contributed by atoms with Crippen molar-refractivity contribution in [3.63, 3.8) is 0 Å². The Balaban J connectivity index is 2.21. The molecule has 1 aliphatic rings. The molecule has 1 aliphatic carbocycles. The summed E-state index contributed by atoms with van der Waals surface area (Å²) in [4.78, 5) is 2.53. The smallest absolute Gasteiger partial charge is 0.127 e. The van der Waals surface area contributed by atoms with Crippen molar-refractivity contribution in [1.29, 1.82) is 5.26 Å². The number of nitrogens with zero attached hydrogens (tertiary/aromatic N) is 2. The minimum atomic E-state index is -0.199. The maximum Gasteiger partial charge on any atom is 0.127 e. The van der Waals surface area contributed by atoms with Gasteiger partial charge < -0.3 is 4.90 Å². The zero-order chi connectivity index (χ0) is 14.5. The molecule has 0 amide bonds. The van der Waals surface area contributed by atoms with E-state index in [2.05, 4.69) is 24.8 Å². The second-order valence-electron chi connectivity index (χ2n) is 5.64. The SMILES string of the molecule is CCCN(CCC)C1CCc2c(F)cc(C#N)cc2C1. The first-order chi connectivity index (χ1) is 9.69. The molecule has 1 atom stereocenters. The fraction of sp³-hybridized carbons (Fsp3) is 0.588. The van der Waals surface area contributed by atoms with E-state index < -0.39 is 0 Å². The van der Waals surface area contributed by atoms with Crippen LogP contribution in [0.5, 0.6) is 0 Å². The quantitative estimate of drug-likeness (QED) is 0.819. The molecule has 2 nitrogen and oxygen atoms in total. The fourth-order valence-electron chi connectivity index (χ4n) is 3.25. The molecular formula is C17H23FN2. The lowest BCUT2D eigenvalue weighted by atomic mass is 9.86. The highest BCUT2D eigenvalue weighted by molar-refractivity contribution is 5.41. The lowest BCUT2D eigenvalue weighted by Gasteiger charge is -2.35. The third-order valence-electron chi connectivity index (χ3n) is 4.14. The number of hydrogen-bond acceptors (Lipinski definition) is 2. The predicted molar refractivity (Wildman–Crippen MR) is 79.1 cm³/mol. The minimum Gasteiger partial charge on any atom is -0.300 e. The zero-order valence-corrected chi connectivity index (χ0v) is 12.5. The predicted octanol–water partition coefficient (Wildman–Crippen LogP) is 3.68. The second-order valence-corrected chi connectivity index (χ2v) is 5.64. The fourth-order valence-corrected chi connectivity index (χ4v) is 3.25. The summed E-state index contributed by atoms with van der Waals surface area (Å²) in [6, 6.07) is 5.80. The first-order valence-electron chi connectivity index (χ1n) is 7.65. The van der Waals surface area contributed by atoms with Crippen molar-refractivity contribution in [1.82, 2.24) is 4.90 Å². The Kier molecular flexibility index (Phi) is 5.14. The van der Waals surface area contributed by atoms with E-state index in [9.17, 15) is 4.39 Å². The topological polar surface area (TPSA) is 27.0 Å². The average Bonchev–Trinajstić information content (AvgIpc) is 2.46. The lowest BCUT2D eigenvalue weighted by molar-refractivity contribution is 0.179. The van der Waals surface area contributed by atoms with Gasteiger partial charge in [-0.05, 0) is 68.5 Å². The third kappa shape index (κ3) is 3.19. The van der Waals surface area contributed by atoms with Crippen LogP contribution in [0, 0.1) is 17.1 Å². The van der Waals surface area contributed by atoms with Crippen LogP contribution in [-0.2, 0) is 12.8 Å². The number of benzene rings is 1. The monoisotopic (exact) mass is 274 g/mol. The van der Waals surface area contributed by atoms with Gasteiger partial charge in [-0.1, -0.05) is 13.8 Å². The highest BCUT2D eigenvalue weighted by atomic mass is 19.1. The summed E-state index contributed by atoms with van der Waals surface area (Å²) < 4.78 is 14.0. The van der Waals surface area contributed by atoms with Crippen LogP contribution in [0.15, 0.2) is 12.1 Å². The highest BCUT2D eigenvalue weighted by Gasteiger charge is 2.25. The number of hydrogen-bond donors (Lipinski definition) is 0. The Labute approximate surface area is 121 Å². The molecule has 0 aliphatic heterocycles.